The second kappa shape index (κ2) is 4.93. The van der Waals surface area contributed by atoms with E-state index in [1.807, 2.05) is 0 Å². The maximum Gasteiger partial charge on any atom is 0.0973 e. The third-order valence-corrected chi connectivity index (χ3v) is 4.33. The van der Waals surface area contributed by atoms with Crippen LogP contribution in [0.5, 0.6) is 0 Å². The van der Waals surface area contributed by atoms with Crippen LogP contribution in [0.4, 0.5) is 0 Å². The van der Waals surface area contributed by atoms with Crippen LogP contribution in [-0.2, 0) is 0 Å². The monoisotopic (exact) mass is 243 g/mol. The van der Waals surface area contributed by atoms with Crippen molar-refractivity contribution >= 4 is 0 Å². The smallest absolute Gasteiger partial charge is 0.0973 e. The second-order valence-electron chi connectivity index (χ2n) is 6.37. The fourth-order valence-corrected chi connectivity index (χ4v) is 3.04. The van der Waals surface area contributed by atoms with E-state index in [1.165, 1.54) is 13.1 Å². The standard InChI is InChI=1S/C14H26N.ClH/c1-7-9-15(10-8-2)11-13(3,4)14(5,6)12-15;/h7-8H,1-2,9-12H2,3-6H3;1H/q+1;/p-1. The Morgan fingerprint density at radius 3 is 1.50 bits per heavy atom. The summed E-state index contributed by atoms with van der Waals surface area (Å²) in [4.78, 5) is 0. The minimum atomic E-state index is 0. The van der Waals surface area contributed by atoms with E-state index in [4.69, 9.17) is 0 Å². The largest absolute Gasteiger partial charge is 1.00 e. The first kappa shape index (κ1) is 15.7. The first-order chi connectivity index (χ1) is 6.79. The summed E-state index contributed by atoms with van der Waals surface area (Å²) < 4.78 is 1.13. The van der Waals surface area contributed by atoms with Crippen LogP contribution in [0, 0.1) is 10.8 Å². The Kier molecular flexibility index (Phi) is 4.85. The van der Waals surface area contributed by atoms with Crippen LogP contribution < -0.4 is 12.4 Å². The van der Waals surface area contributed by atoms with E-state index in [2.05, 4.69) is 53.0 Å². The van der Waals surface area contributed by atoms with Crippen molar-refractivity contribution in [2.75, 3.05) is 26.2 Å². The summed E-state index contributed by atoms with van der Waals surface area (Å²) in [6.07, 6.45) is 4.11. The number of nitrogens with zero attached hydrogens (tertiary/aromatic N) is 1. The number of likely N-dealkylation sites (tertiary alicyclic amines) is 1. The topological polar surface area (TPSA) is 0 Å². The maximum atomic E-state index is 3.90. The molecule has 0 radical (unpaired) electrons. The van der Waals surface area contributed by atoms with Crippen molar-refractivity contribution in [1.82, 2.24) is 0 Å². The molecule has 0 unspecified atom stereocenters. The highest BCUT2D eigenvalue weighted by molar-refractivity contribution is 4.93. The van der Waals surface area contributed by atoms with E-state index in [9.17, 15) is 0 Å². The van der Waals surface area contributed by atoms with Crippen LogP contribution >= 0.6 is 0 Å². The normalized spacial score (nSPS) is 24.5. The molecule has 0 atom stereocenters. The zero-order valence-corrected chi connectivity index (χ0v) is 12.0. The Hall–Kier alpha value is -0.270. The average Bonchev–Trinajstić information content (AvgIpc) is 2.18. The molecule has 1 aliphatic rings. The van der Waals surface area contributed by atoms with Gasteiger partial charge in [0.15, 0.2) is 0 Å². The van der Waals surface area contributed by atoms with Crippen LogP contribution in [0.3, 0.4) is 0 Å². The number of rotatable bonds is 4. The number of hydrogen-bond acceptors (Lipinski definition) is 0. The van der Waals surface area contributed by atoms with Gasteiger partial charge in [-0.25, -0.2) is 0 Å². The molecule has 1 aliphatic heterocycles. The van der Waals surface area contributed by atoms with Gasteiger partial charge in [-0.05, 0) is 12.2 Å². The van der Waals surface area contributed by atoms with E-state index < -0.39 is 0 Å². The van der Waals surface area contributed by atoms with Crippen molar-refractivity contribution in [1.29, 1.82) is 0 Å². The second-order valence-corrected chi connectivity index (χ2v) is 6.37. The van der Waals surface area contributed by atoms with Gasteiger partial charge in [-0.1, -0.05) is 40.9 Å². The molecule has 1 heterocycles. The van der Waals surface area contributed by atoms with Crippen LogP contribution in [0.1, 0.15) is 27.7 Å². The highest BCUT2D eigenvalue weighted by atomic mass is 35.5. The molecule has 0 spiro atoms. The van der Waals surface area contributed by atoms with Gasteiger partial charge in [-0.2, -0.15) is 0 Å². The molecule has 2 heteroatoms. The van der Waals surface area contributed by atoms with E-state index in [-0.39, 0.29) is 12.4 Å². The summed E-state index contributed by atoms with van der Waals surface area (Å²) in [5.74, 6) is 0. The summed E-state index contributed by atoms with van der Waals surface area (Å²) in [6.45, 7) is 22.0. The Morgan fingerprint density at radius 2 is 1.25 bits per heavy atom. The highest BCUT2D eigenvalue weighted by Gasteiger charge is 2.54. The van der Waals surface area contributed by atoms with E-state index in [1.54, 1.807) is 0 Å². The van der Waals surface area contributed by atoms with Crippen LogP contribution in [0.15, 0.2) is 25.3 Å². The summed E-state index contributed by atoms with van der Waals surface area (Å²) in [5.41, 5.74) is 0.804. The molecule has 0 aromatic rings. The maximum absolute atomic E-state index is 3.90. The van der Waals surface area contributed by atoms with Gasteiger partial charge in [-0.3, -0.25) is 0 Å². The molecule has 0 aromatic carbocycles. The van der Waals surface area contributed by atoms with E-state index >= 15 is 0 Å². The molecule has 1 fully saturated rings. The lowest BCUT2D eigenvalue weighted by atomic mass is 9.71. The number of quaternary nitrogens is 1. The van der Waals surface area contributed by atoms with Gasteiger partial charge in [0.1, 0.15) is 0 Å². The highest BCUT2D eigenvalue weighted by Crippen LogP contribution is 2.48. The van der Waals surface area contributed by atoms with Gasteiger partial charge in [-0.15, -0.1) is 0 Å². The lowest BCUT2D eigenvalue weighted by molar-refractivity contribution is -0.910. The quantitative estimate of drug-likeness (QED) is 0.491. The fraction of sp³-hybridized carbons (Fsp3) is 0.714. The van der Waals surface area contributed by atoms with Crippen molar-refractivity contribution in [3.05, 3.63) is 25.3 Å². The molecular formula is C14H26ClN. The van der Waals surface area contributed by atoms with Crippen LogP contribution in [0.25, 0.3) is 0 Å². The molecule has 0 amide bonds. The SMILES string of the molecule is C=CC[N+]1(CC=C)CC(C)(C)C(C)(C)C1.[Cl-]. The molecular weight excluding hydrogens is 218 g/mol. The van der Waals surface area contributed by atoms with Crippen LogP contribution in [0.2, 0.25) is 0 Å². The molecule has 0 aromatic heterocycles. The minimum Gasteiger partial charge on any atom is -1.00 e. The molecule has 94 valence electrons. The number of halogens is 1. The van der Waals surface area contributed by atoms with E-state index in [0.29, 0.717) is 10.8 Å². The molecule has 0 saturated carbocycles. The van der Waals surface area contributed by atoms with Crippen molar-refractivity contribution in [3.63, 3.8) is 0 Å². The summed E-state index contributed by atoms with van der Waals surface area (Å²) >= 11 is 0. The lowest BCUT2D eigenvalue weighted by Crippen LogP contribution is -3.00. The van der Waals surface area contributed by atoms with Gasteiger partial charge >= 0.3 is 0 Å². The minimum absolute atomic E-state index is 0. The van der Waals surface area contributed by atoms with Gasteiger partial charge in [0.2, 0.25) is 0 Å². The van der Waals surface area contributed by atoms with Gasteiger partial charge in [0.25, 0.3) is 0 Å². The van der Waals surface area contributed by atoms with E-state index in [0.717, 1.165) is 17.6 Å². The summed E-state index contributed by atoms with van der Waals surface area (Å²) in [7, 11) is 0. The predicted molar refractivity (Wildman–Crippen MR) is 67.7 cm³/mol. The third-order valence-electron chi connectivity index (χ3n) is 4.33. The zero-order chi connectivity index (χ0) is 11.7. The van der Waals surface area contributed by atoms with Gasteiger partial charge in [0, 0.05) is 10.8 Å². The Labute approximate surface area is 107 Å². The van der Waals surface area contributed by atoms with Gasteiger partial charge in [0.05, 0.1) is 26.2 Å². The molecule has 0 N–H and O–H groups in total. The summed E-state index contributed by atoms with van der Waals surface area (Å²) in [5, 5.41) is 0. The van der Waals surface area contributed by atoms with Crippen molar-refractivity contribution in [3.8, 4) is 0 Å². The van der Waals surface area contributed by atoms with Crippen molar-refractivity contribution in [2.24, 2.45) is 10.8 Å². The Bertz CT molecular complexity index is 238. The van der Waals surface area contributed by atoms with Crippen LogP contribution in [-0.4, -0.2) is 30.7 Å². The molecule has 0 aliphatic carbocycles. The average molecular weight is 244 g/mol. The van der Waals surface area contributed by atoms with Gasteiger partial charge < -0.3 is 16.9 Å². The molecule has 1 saturated heterocycles. The first-order valence-electron chi connectivity index (χ1n) is 5.86. The number of hydrogen-bond donors (Lipinski definition) is 0. The third kappa shape index (κ3) is 2.70. The Morgan fingerprint density at radius 1 is 0.938 bits per heavy atom. The molecule has 1 rings (SSSR count). The van der Waals surface area contributed by atoms with Crippen molar-refractivity contribution in [2.45, 2.75) is 27.7 Å². The molecule has 0 bridgehead atoms. The fourth-order valence-electron chi connectivity index (χ4n) is 3.04. The predicted octanol–water partition coefficient (Wildman–Crippen LogP) is 0.245. The molecule has 1 nitrogen and oxygen atoms in total. The Balaban J connectivity index is 0.00000225. The molecule has 16 heavy (non-hydrogen) atoms. The van der Waals surface area contributed by atoms with Crippen molar-refractivity contribution < 1.29 is 16.9 Å². The summed E-state index contributed by atoms with van der Waals surface area (Å²) in [6, 6.07) is 0. The lowest BCUT2D eigenvalue weighted by Gasteiger charge is -2.33. The zero-order valence-electron chi connectivity index (χ0n) is 11.2. The first-order valence-corrected chi connectivity index (χ1v) is 5.86.